The van der Waals surface area contributed by atoms with Crippen molar-refractivity contribution in [2.24, 2.45) is 0 Å². The maximum absolute atomic E-state index is 9.09. The van der Waals surface area contributed by atoms with Gasteiger partial charge in [-0.3, -0.25) is 0 Å². The van der Waals surface area contributed by atoms with Gasteiger partial charge in [-0.1, -0.05) is 6.07 Å². The summed E-state index contributed by atoms with van der Waals surface area (Å²) in [7, 11) is 0. The molecule has 3 nitrogen and oxygen atoms in total. The number of aryl methyl sites for hydroxylation is 1. The zero-order valence-corrected chi connectivity index (χ0v) is 9.46. The van der Waals surface area contributed by atoms with Gasteiger partial charge >= 0.3 is 0 Å². The Balaban J connectivity index is 2.37. The van der Waals surface area contributed by atoms with Crippen LogP contribution in [0.15, 0.2) is 18.2 Å². The fraction of sp³-hybridized carbons (Fsp3) is 0.500. The number of benzene rings is 1. The van der Waals surface area contributed by atoms with Crippen molar-refractivity contribution in [3.63, 3.8) is 0 Å². The van der Waals surface area contributed by atoms with Gasteiger partial charge in [-0.2, -0.15) is 0 Å². The van der Waals surface area contributed by atoms with Gasteiger partial charge in [-0.15, -0.1) is 0 Å². The molecular formula is C12H20N2O. The SMILES string of the molecule is Cc1ccc(NCCCC(C)O)c(N)c1. The molecule has 0 radical (unpaired) electrons. The fourth-order valence-corrected chi connectivity index (χ4v) is 1.46. The summed E-state index contributed by atoms with van der Waals surface area (Å²) in [5.74, 6) is 0. The molecule has 0 bridgehead atoms. The predicted octanol–water partition coefficient (Wildman–Crippen LogP) is 2.15. The zero-order chi connectivity index (χ0) is 11.3. The lowest BCUT2D eigenvalue weighted by molar-refractivity contribution is 0.183. The maximum Gasteiger partial charge on any atom is 0.0574 e. The highest BCUT2D eigenvalue weighted by atomic mass is 16.3. The van der Waals surface area contributed by atoms with Crippen LogP contribution in [0.2, 0.25) is 0 Å². The lowest BCUT2D eigenvalue weighted by Gasteiger charge is -2.10. The molecule has 0 saturated heterocycles. The smallest absolute Gasteiger partial charge is 0.0574 e. The van der Waals surface area contributed by atoms with Crippen LogP contribution >= 0.6 is 0 Å². The Labute approximate surface area is 91.3 Å². The molecule has 0 amide bonds. The quantitative estimate of drug-likeness (QED) is 0.513. The second-order valence-electron chi connectivity index (χ2n) is 4.01. The Hall–Kier alpha value is -1.22. The average Bonchev–Trinajstić information content (AvgIpc) is 2.14. The number of hydrogen-bond donors (Lipinski definition) is 3. The van der Waals surface area contributed by atoms with Gasteiger partial charge in [0.25, 0.3) is 0 Å². The van der Waals surface area contributed by atoms with Crippen LogP contribution in [0.4, 0.5) is 11.4 Å². The molecule has 1 unspecified atom stereocenters. The van der Waals surface area contributed by atoms with Gasteiger partial charge in [0, 0.05) is 6.54 Å². The van der Waals surface area contributed by atoms with Crippen LogP contribution in [0, 0.1) is 6.92 Å². The second kappa shape index (κ2) is 5.61. The highest BCUT2D eigenvalue weighted by Crippen LogP contribution is 2.19. The molecule has 84 valence electrons. The molecule has 0 spiro atoms. The van der Waals surface area contributed by atoms with E-state index in [1.807, 2.05) is 25.1 Å². The van der Waals surface area contributed by atoms with Gasteiger partial charge in [0.15, 0.2) is 0 Å². The van der Waals surface area contributed by atoms with Crippen molar-refractivity contribution < 1.29 is 5.11 Å². The zero-order valence-electron chi connectivity index (χ0n) is 9.46. The molecule has 0 aliphatic rings. The lowest BCUT2D eigenvalue weighted by atomic mass is 10.2. The lowest BCUT2D eigenvalue weighted by Crippen LogP contribution is -2.07. The number of hydrogen-bond acceptors (Lipinski definition) is 3. The van der Waals surface area contributed by atoms with Gasteiger partial charge in [-0.25, -0.2) is 0 Å². The van der Waals surface area contributed by atoms with Crippen molar-refractivity contribution in [3.8, 4) is 0 Å². The molecule has 1 rings (SSSR count). The molecule has 0 aliphatic carbocycles. The van der Waals surface area contributed by atoms with Crippen molar-refractivity contribution in [1.29, 1.82) is 0 Å². The van der Waals surface area contributed by atoms with E-state index in [2.05, 4.69) is 5.32 Å². The Morgan fingerprint density at radius 3 is 2.80 bits per heavy atom. The highest BCUT2D eigenvalue weighted by Gasteiger charge is 1.99. The summed E-state index contributed by atoms with van der Waals surface area (Å²) in [5, 5.41) is 12.3. The first-order valence-electron chi connectivity index (χ1n) is 5.37. The molecule has 0 heterocycles. The maximum atomic E-state index is 9.09. The average molecular weight is 208 g/mol. The van der Waals surface area contributed by atoms with Crippen molar-refractivity contribution in [2.75, 3.05) is 17.6 Å². The Kier molecular flexibility index (Phi) is 4.43. The van der Waals surface area contributed by atoms with E-state index in [1.165, 1.54) is 5.56 Å². The number of aliphatic hydroxyl groups excluding tert-OH is 1. The van der Waals surface area contributed by atoms with E-state index >= 15 is 0 Å². The molecule has 0 fully saturated rings. The summed E-state index contributed by atoms with van der Waals surface area (Å²) in [6, 6.07) is 5.98. The molecule has 1 atom stereocenters. The van der Waals surface area contributed by atoms with Crippen LogP contribution in [0.1, 0.15) is 25.3 Å². The van der Waals surface area contributed by atoms with Gasteiger partial charge < -0.3 is 16.2 Å². The van der Waals surface area contributed by atoms with Crippen molar-refractivity contribution in [1.82, 2.24) is 0 Å². The topological polar surface area (TPSA) is 58.3 Å². The molecule has 3 heteroatoms. The third-order valence-electron chi connectivity index (χ3n) is 2.32. The van der Waals surface area contributed by atoms with Gasteiger partial charge in [-0.05, 0) is 44.4 Å². The van der Waals surface area contributed by atoms with E-state index in [0.29, 0.717) is 0 Å². The van der Waals surface area contributed by atoms with Gasteiger partial charge in [0.2, 0.25) is 0 Å². The minimum atomic E-state index is -0.220. The molecule has 0 aromatic heterocycles. The summed E-state index contributed by atoms with van der Waals surface area (Å²) in [6.07, 6.45) is 1.55. The largest absolute Gasteiger partial charge is 0.397 e. The molecule has 0 saturated carbocycles. The number of anilines is 2. The minimum Gasteiger partial charge on any atom is -0.397 e. The van der Waals surface area contributed by atoms with Crippen molar-refractivity contribution in [3.05, 3.63) is 23.8 Å². The van der Waals surface area contributed by atoms with Crippen LogP contribution in [0.3, 0.4) is 0 Å². The van der Waals surface area contributed by atoms with Crippen molar-refractivity contribution in [2.45, 2.75) is 32.8 Å². The number of nitrogens with two attached hydrogens (primary N) is 1. The minimum absolute atomic E-state index is 0.220. The number of aliphatic hydroxyl groups is 1. The molecule has 15 heavy (non-hydrogen) atoms. The summed E-state index contributed by atoms with van der Waals surface area (Å²) in [6.45, 7) is 4.67. The van der Waals surface area contributed by atoms with Crippen LogP contribution in [0.5, 0.6) is 0 Å². The predicted molar refractivity (Wildman–Crippen MR) is 65.0 cm³/mol. The Morgan fingerprint density at radius 1 is 1.47 bits per heavy atom. The summed E-state index contributed by atoms with van der Waals surface area (Å²) in [4.78, 5) is 0. The van der Waals surface area contributed by atoms with Crippen molar-refractivity contribution >= 4 is 11.4 Å². The number of nitrogens with one attached hydrogen (secondary N) is 1. The summed E-state index contributed by atoms with van der Waals surface area (Å²) < 4.78 is 0. The Morgan fingerprint density at radius 2 is 2.20 bits per heavy atom. The molecule has 1 aromatic rings. The van der Waals surface area contributed by atoms with E-state index in [4.69, 9.17) is 10.8 Å². The third kappa shape index (κ3) is 4.21. The monoisotopic (exact) mass is 208 g/mol. The van der Waals surface area contributed by atoms with Gasteiger partial charge in [0.05, 0.1) is 17.5 Å². The summed E-state index contributed by atoms with van der Waals surface area (Å²) >= 11 is 0. The summed E-state index contributed by atoms with van der Waals surface area (Å²) in [5.41, 5.74) is 8.78. The molecule has 0 aliphatic heterocycles. The second-order valence-corrected chi connectivity index (χ2v) is 4.01. The first-order valence-corrected chi connectivity index (χ1v) is 5.37. The van der Waals surface area contributed by atoms with E-state index in [1.54, 1.807) is 6.92 Å². The molecule has 1 aromatic carbocycles. The molecule has 4 N–H and O–H groups in total. The van der Waals surface area contributed by atoms with Gasteiger partial charge in [0.1, 0.15) is 0 Å². The first-order chi connectivity index (χ1) is 7.09. The number of nitrogen functional groups attached to an aromatic ring is 1. The molecular weight excluding hydrogens is 188 g/mol. The first kappa shape index (κ1) is 11.9. The van der Waals surface area contributed by atoms with Crippen LogP contribution in [0.25, 0.3) is 0 Å². The van der Waals surface area contributed by atoms with E-state index < -0.39 is 0 Å². The van der Waals surface area contributed by atoms with Crippen LogP contribution < -0.4 is 11.1 Å². The fourth-order valence-electron chi connectivity index (χ4n) is 1.46. The van der Waals surface area contributed by atoms with Crippen LogP contribution in [-0.4, -0.2) is 17.8 Å². The Bertz CT molecular complexity index is 310. The standard InChI is InChI=1S/C12H20N2O/c1-9-5-6-12(11(13)8-9)14-7-3-4-10(2)15/h5-6,8,10,14-15H,3-4,7,13H2,1-2H3. The normalized spacial score (nSPS) is 12.5. The van der Waals surface area contributed by atoms with Crippen LogP contribution in [-0.2, 0) is 0 Å². The van der Waals surface area contributed by atoms with E-state index in [0.717, 1.165) is 30.8 Å². The van der Waals surface area contributed by atoms with E-state index in [9.17, 15) is 0 Å². The highest BCUT2D eigenvalue weighted by molar-refractivity contribution is 5.66. The van der Waals surface area contributed by atoms with E-state index in [-0.39, 0.29) is 6.10 Å². The number of rotatable bonds is 5. The third-order valence-corrected chi connectivity index (χ3v) is 2.32.